The van der Waals surface area contributed by atoms with Gasteiger partial charge in [-0.1, -0.05) is 36.4 Å². The van der Waals surface area contributed by atoms with Crippen LogP contribution in [0.1, 0.15) is 24.4 Å². The van der Waals surface area contributed by atoms with Gasteiger partial charge < -0.3 is 10.1 Å². The van der Waals surface area contributed by atoms with E-state index >= 15 is 0 Å². The Balaban J connectivity index is 1.68. The fourth-order valence-corrected chi connectivity index (χ4v) is 4.20. The summed E-state index contributed by atoms with van der Waals surface area (Å²) in [5, 5.41) is 6.87. The van der Waals surface area contributed by atoms with Crippen molar-refractivity contribution in [1.29, 1.82) is 0 Å². The lowest BCUT2D eigenvalue weighted by atomic mass is 10.0. The van der Waals surface area contributed by atoms with Crippen LogP contribution < -0.4 is 5.32 Å². The van der Waals surface area contributed by atoms with Crippen LogP contribution in [-0.2, 0) is 4.74 Å². The highest BCUT2D eigenvalue weighted by Gasteiger charge is 2.17. The van der Waals surface area contributed by atoms with Crippen LogP contribution in [0.2, 0.25) is 0 Å². The molecule has 2 aromatic carbocycles. The normalized spacial score (nSPS) is 18.0. The van der Waals surface area contributed by atoms with Crippen LogP contribution in [-0.4, -0.2) is 31.3 Å². The molecule has 0 aliphatic carbocycles. The predicted octanol–water partition coefficient (Wildman–Crippen LogP) is 4.01. The SMILES string of the molecule is CNC(CSC1CCOCC1)c1ccc2ccccc2c1. The maximum Gasteiger partial charge on any atom is 0.0476 e. The van der Waals surface area contributed by atoms with Crippen molar-refractivity contribution >= 4 is 22.5 Å². The van der Waals surface area contributed by atoms with E-state index < -0.39 is 0 Å². The number of ether oxygens (including phenoxy) is 1. The predicted molar refractivity (Wildman–Crippen MR) is 92.0 cm³/mol. The number of rotatable bonds is 5. The third-order valence-electron chi connectivity index (χ3n) is 4.19. The second-order valence-corrected chi connectivity index (χ2v) is 6.93. The molecule has 3 heteroatoms. The lowest BCUT2D eigenvalue weighted by molar-refractivity contribution is 0.1000. The van der Waals surface area contributed by atoms with E-state index in [4.69, 9.17) is 4.74 Å². The Kier molecular flexibility index (Phi) is 5.17. The van der Waals surface area contributed by atoms with Crippen LogP contribution in [0.25, 0.3) is 10.8 Å². The summed E-state index contributed by atoms with van der Waals surface area (Å²) in [6.07, 6.45) is 2.39. The molecule has 0 radical (unpaired) electrons. The molecule has 1 aliphatic rings. The zero-order valence-electron chi connectivity index (χ0n) is 12.5. The Morgan fingerprint density at radius 3 is 2.67 bits per heavy atom. The maximum atomic E-state index is 5.44. The first-order chi connectivity index (χ1) is 10.4. The second kappa shape index (κ2) is 7.30. The summed E-state index contributed by atoms with van der Waals surface area (Å²) in [7, 11) is 2.06. The molecule has 0 spiro atoms. The van der Waals surface area contributed by atoms with Crippen LogP contribution in [0.3, 0.4) is 0 Å². The van der Waals surface area contributed by atoms with Gasteiger partial charge in [-0.2, -0.15) is 11.8 Å². The minimum Gasteiger partial charge on any atom is -0.381 e. The maximum absolute atomic E-state index is 5.44. The number of benzene rings is 2. The van der Waals surface area contributed by atoms with E-state index in [-0.39, 0.29) is 0 Å². The Morgan fingerprint density at radius 2 is 1.90 bits per heavy atom. The Labute approximate surface area is 131 Å². The largest absolute Gasteiger partial charge is 0.381 e. The third kappa shape index (κ3) is 3.79. The summed E-state index contributed by atoms with van der Waals surface area (Å²) >= 11 is 2.09. The molecule has 1 atom stereocenters. The summed E-state index contributed by atoms with van der Waals surface area (Å²) in [6, 6.07) is 15.8. The number of hydrogen-bond donors (Lipinski definition) is 1. The number of nitrogens with one attached hydrogen (secondary N) is 1. The molecule has 112 valence electrons. The summed E-state index contributed by atoms with van der Waals surface area (Å²) in [6.45, 7) is 1.86. The van der Waals surface area contributed by atoms with E-state index in [2.05, 4.69) is 66.6 Å². The monoisotopic (exact) mass is 301 g/mol. The van der Waals surface area contributed by atoms with Crippen LogP contribution in [0.5, 0.6) is 0 Å². The first-order valence-corrected chi connectivity index (χ1v) is 8.77. The first kappa shape index (κ1) is 14.9. The molecule has 3 rings (SSSR count). The molecule has 0 amide bonds. The van der Waals surface area contributed by atoms with Crippen LogP contribution in [0.15, 0.2) is 42.5 Å². The fraction of sp³-hybridized carbons (Fsp3) is 0.444. The lowest BCUT2D eigenvalue weighted by Crippen LogP contribution is -2.23. The van der Waals surface area contributed by atoms with Crippen molar-refractivity contribution in [3.05, 3.63) is 48.0 Å². The van der Waals surface area contributed by atoms with Crippen molar-refractivity contribution in [2.24, 2.45) is 0 Å². The van der Waals surface area contributed by atoms with Gasteiger partial charge in [-0.25, -0.2) is 0 Å². The lowest BCUT2D eigenvalue weighted by Gasteiger charge is -2.24. The first-order valence-electron chi connectivity index (χ1n) is 7.72. The molecule has 1 fully saturated rings. The zero-order valence-corrected chi connectivity index (χ0v) is 13.4. The molecule has 1 heterocycles. The average molecular weight is 301 g/mol. The molecule has 0 saturated carbocycles. The van der Waals surface area contributed by atoms with Gasteiger partial charge in [-0.15, -0.1) is 0 Å². The molecule has 1 saturated heterocycles. The van der Waals surface area contributed by atoms with E-state index in [1.54, 1.807) is 0 Å². The minimum atomic E-state index is 0.419. The third-order valence-corrected chi connectivity index (χ3v) is 5.66. The minimum absolute atomic E-state index is 0.419. The summed E-state index contributed by atoms with van der Waals surface area (Å²) in [5.41, 5.74) is 1.38. The molecule has 2 nitrogen and oxygen atoms in total. The Morgan fingerprint density at radius 1 is 1.14 bits per heavy atom. The van der Waals surface area contributed by atoms with E-state index in [1.165, 1.54) is 29.2 Å². The molecule has 0 bridgehead atoms. The summed E-state index contributed by atoms with van der Waals surface area (Å²) in [5.74, 6) is 1.12. The van der Waals surface area contributed by atoms with E-state index in [9.17, 15) is 0 Å². The van der Waals surface area contributed by atoms with Gasteiger partial charge in [0, 0.05) is 30.3 Å². The van der Waals surface area contributed by atoms with E-state index in [0.717, 1.165) is 24.2 Å². The van der Waals surface area contributed by atoms with Gasteiger partial charge in [-0.05, 0) is 42.3 Å². The van der Waals surface area contributed by atoms with E-state index in [1.807, 2.05) is 0 Å². The molecular formula is C18H23NOS. The van der Waals surface area contributed by atoms with Gasteiger partial charge in [0.2, 0.25) is 0 Å². The Hall–Kier alpha value is -1.03. The van der Waals surface area contributed by atoms with Gasteiger partial charge in [0.15, 0.2) is 0 Å². The van der Waals surface area contributed by atoms with Crippen molar-refractivity contribution in [3.63, 3.8) is 0 Å². The average Bonchev–Trinajstić information content (AvgIpc) is 2.56. The molecule has 0 aromatic heterocycles. The van der Waals surface area contributed by atoms with Crippen LogP contribution >= 0.6 is 11.8 Å². The van der Waals surface area contributed by atoms with Crippen molar-refractivity contribution < 1.29 is 4.74 Å². The number of thioether (sulfide) groups is 1. The van der Waals surface area contributed by atoms with Gasteiger partial charge in [-0.3, -0.25) is 0 Å². The van der Waals surface area contributed by atoms with Gasteiger partial charge in [0.25, 0.3) is 0 Å². The quantitative estimate of drug-likeness (QED) is 0.901. The number of hydrogen-bond acceptors (Lipinski definition) is 3. The summed E-state index contributed by atoms with van der Waals surface area (Å²) < 4.78 is 5.44. The van der Waals surface area contributed by atoms with Gasteiger partial charge >= 0.3 is 0 Å². The fourth-order valence-electron chi connectivity index (χ4n) is 2.85. The van der Waals surface area contributed by atoms with Crippen LogP contribution in [0, 0.1) is 0 Å². The molecule has 2 aromatic rings. The van der Waals surface area contributed by atoms with E-state index in [0.29, 0.717) is 6.04 Å². The van der Waals surface area contributed by atoms with Crippen molar-refractivity contribution in [2.75, 3.05) is 26.0 Å². The Bertz CT molecular complexity index is 580. The molecule has 21 heavy (non-hydrogen) atoms. The van der Waals surface area contributed by atoms with Crippen molar-refractivity contribution in [1.82, 2.24) is 5.32 Å². The topological polar surface area (TPSA) is 21.3 Å². The van der Waals surface area contributed by atoms with Crippen molar-refractivity contribution in [3.8, 4) is 0 Å². The smallest absolute Gasteiger partial charge is 0.0476 e. The van der Waals surface area contributed by atoms with Crippen molar-refractivity contribution in [2.45, 2.75) is 24.1 Å². The highest BCUT2D eigenvalue weighted by atomic mass is 32.2. The zero-order chi connectivity index (χ0) is 14.5. The molecule has 1 aliphatic heterocycles. The van der Waals surface area contributed by atoms with Crippen LogP contribution in [0.4, 0.5) is 0 Å². The van der Waals surface area contributed by atoms with Gasteiger partial charge in [0.05, 0.1) is 0 Å². The standard InChI is InChI=1S/C18H23NOS/c1-19-18(13-21-17-8-10-20-11-9-17)16-7-6-14-4-2-3-5-15(14)12-16/h2-7,12,17-19H,8-11,13H2,1H3. The molecular weight excluding hydrogens is 278 g/mol. The second-order valence-electron chi connectivity index (χ2n) is 5.59. The van der Waals surface area contributed by atoms with Gasteiger partial charge in [0.1, 0.15) is 0 Å². The molecule has 1 N–H and O–H groups in total. The number of fused-ring (bicyclic) bond motifs is 1. The molecule has 1 unspecified atom stereocenters. The highest BCUT2D eigenvalue weighted by Crippen LogP contribution is 2.28. The summed E-state index contributed by atoms with van der Waals surface area (Å²) in [4.78, 5) is 0. The highest BCUT2D eigenvalue weighted by molar-refractivity contribution is 7.99.